The Labute approximate surface area is 170 Å². The lowest BCUT2D eigenvalue weighted by atomic mass is 10.2. The van der Waals surface area contributed by atoms with E-state index in [9.17, 15) is 13.6 Å². The molecule has 1 aromatic heterocycles. The van der Waals surface area contributed by atoms with Crippen LogP contribution >= 0.6 is 15.9 Å². The van der Waals surface area contributed by atoms with Crippen LogP contribution in [-0.2, 0) is 11.4 Å². The molecule has 0 atom stereocenters. The minimum Gasteiger partial charge on any atom is -0.472 e. The average molecular weight is 458 g/mol. The van der Waals surface area contributed by atoms with E-state index in [1.54, 1.807) is 4.57 Å². The normalized spacial score (nSPS) is 13.4. The summed E-state index contributed by atoms with van der Waals surface area (Å²) in [6.07, 6.45) is 2.09. The molecule has 152 valence electrons. The van der Waals surface area contributed by atoms with Gasteiger partial charge in [0.15, 0.2) is 0 Å². The Morgan fingerprint density at radius 1 is 1.25 bits per heavy atom. The Morgan fingerprint density at radius 3 is 2.46 bits per heavy atom. The van der Waals surface area contributed by atoms with Gasteiger partial charge >= 0.3 is 0 Å². The van der Waals surface area contributed by atoms with Crippen molar-refractivity contribution in [3.05, 3.63) is 50.2 Å². The van der Waals surface area contributed by atoms with Crippen molar-refractivity contribution in [1.29, 1.82) is 0 Å². The molecule has 0 radical (unpaired) electrons. The van der Waals surface area contributed by atoms with Crippen LogP contribution in [0.15, 0.2) is 27.5 Å². The van der Waals surface area contributed by atoms with Crippen molar-refractivity contribution in [2.24, 2.45) is 0 Å². The number of aromatic nitrogens is 2. The molecule has 1 aliphatic heterocycles. The molecule has 2 heterocycles. The van der Waals surface area contributed by atoms with Gasteiger partial charge in [-0.25, -0.2) is 8.78 Å². The Balaban J connectivity index is 0.00000136. The predicted molar refractivity (Wildman–Crippen MR) is 106 cm³/mol. The third kappa shape index (κ3) is 4.76. The molecule has 2 aromatic rings. The lowest BCUT2D eigenvalue weighted by Crippen LogP contribution is -2.33. The molecule has 3 rings (SSSR count). The highest BCUT2D eigenvalue weighted by Gasteiger charge is 2.24. The molecule has 1 fully saturated rings. The molecule has 0 bridgehead atoms. The fourth-order valence-electron chi connectivity index (χ4n) is 2.97. The molecule has 9 heteroatoms. The van der Waals surface area contributed by atoms with E-state index in [2.05, 4.69) is 25.8 Å². The molecule has 0 unspecified atom stereocenters. The summed E-state index contributed by atoms with van der Waals surface area (Å²) in [5, 5.41) is 0. The Morgan fingerprint density at radius 2 is 1.89 bits per heavy atom. The second-order valence-corrected chi connectivity index (χ2v) is 7.31. The van der Waals surface area contributed by atoms with Crippen molar-refractivity contribution < 1.29 is 18.3 Å². The minimum absolute atomic E-state index is 0.0644. The summed E-state index contributed by atoms with van der Waals surface area (Å²) in [6.45, 7) is 7.34. The summed E-state index contributed by atoms with van der Waals surface area (Å²) in [5.41, 5.74) is -0.0534. The summed E-state index contributed by atoms with van der Waals surface area (Å²) in [7, 11) is 0. The molecule has 1 aliphatic rings. The van der Waals surface area contributed by atoms with Gasteiger partial charge in [-0.3, -0.25) is 9.36 Å². The lowest BCUT2D eigenvalue weighted by Gasteiger charge is -2.24. The second-order valence-electron chi connectivity index (χ2n) is 6.52. The van der Waals surface area contributed by atoms with E-state index < -0.39 is 11.6 Å². The minimum atomic E-state index is -0.698. The molecule has 0 spiro atoms. The highest BCUT2D eigenvalue weighted by atomic mass is 79.9. The molecule has 0 aliphatic carbocycles. The first-order valence-corrected chi connectivity index (χ1v) is 9.60. The molecule has 0 N–H and O–H groups in total. The third-order valence-corrected chi connectivity index (χ3v) is 4.97. The maximum Gasteiger partial charge on any atom is 0.273 e. The van der Waals surface area contributed by atoms with Gasteiger partial charge in [0.25, 0.3) is 5.56 Å². The number of carbonyl (C=O) groups excluding carboxylic acids is 1. The highest BCUT2D eigenvalue weighted by Crippen LogP contribution is 2.27. The van der Waals surface area contributed by atoms with E-state index in [-0.39, 0.29) is 34.1 Å². The zero-order valence-corrected chi connectivity index (χ0v) is 17.3. The van der Waals surface area contributed by atoms with Gasteiger partial charge in [-0.15, -0.1) is 0 Å². The van der Waals surface area contributed by atoms with Crippen LogP contribution in [0.1, 0.15) is 38.3 Å². The van der Waals surface area contributed by atoms with Crippen molar-refractivity contribution >= 4 is 28.7 Å². The van der Waals surface area contributed by atoms with Crippen LogP contribution in [0.3, 0.4) is 0 Å². The number of carbonyl (C=O) groups is 1. The van der Waals surface area contributed by atoms with Crippen molar-refractivity contribution in [2.75, 3.05) is 18.0 Å². The first-order chi connectivity index (χ1) is 13.4. The van der Waals surface area contributed by atoms with Crippen molar-refractivity contribution in [1.82, 2.24) is 9.55 Å². The first-order valence-electron chi connectivity index (χ1n) is 8.81. The number of anilines is 1. The Kier molecular flexibility index (Phi) is 7.68. The highest BCUT2D eigenvalue weighted by molar-refractivity contribution is 9.10. The van der Waals surface area contributed by atoms with Crippen molar-refractivity contribution in [3.63, 3.8) is 0 Å². The van der Waals surface area contributed by atoms with Crippen LogP contribution in [0, 0.1) is 11.6 Å². The average Bonchev–Trinajstić information content (AvgIpc) is 3.20. The maximum absolute atomic E-state index is 13.8. The van der Waals surface area contributed by atoms with Crippen LogP contribution in [0.2, 0.25) is 0 Å². The smallest absolute Gasteiger partial charge is 0.273 e. The standard InChI is InChI=1S/C18H20BrF2N3O2.CH2O/c1-11(2)24-17(25)15(19)16(22-18(24)23-7-3-4-8-23)26-10-12-5-6-13(20)9-14(12)21;1-2/h5-6,9,11H,3-4,7-8,10H2,1-2H3;1H2. The molecule has 0 saturated carbocycles. The largest absolute Gasteiger partial charge is 0.472 e. The van der Waals surface area contributed by atoms with Gasteiger partial charge in [0.1, 0.15) is 29.5 Å². The van der Waals surface area contributed by atoms with Gasteiger partial charge in [0, 0.05) is 30.8 Å². The van der Waals surface area contributed by atoms with Crippen molar-refractivity contribution in [3.8, 4) is 5.88 Å². The number of nitrogens with zero attached hydrogens (tertiary/aromatic N) is 3. The van der Waals surface area contributed by atoms with Gasteiger partial charge in [-0.05, 0) is 54.8 Å². The SMILES string of the molecule is C=O.CC(C)n1c(N2CCCC2)nc(OCc2ccc(F)cc2F)c(Br)c1=O. The Hall–Kier alpha value is -2.29. The predicted octanol–water partition coefficient (Wildman–Crippen LogP) is 3.86. The van der Waals surface area contributed by atoms with Gasteiger partial charge in [-0.2, -0.15) is 4.98 Å². The Bertz CT molecular complexity index is 883. The lowest BCUT2D eigenvalue weighted by molar-refractivity contribution is -0.0979. The number of hydrogen-bond donors (Lipinski definition) is 0. The van der Waals surface area contributed by atoms with Gasteiger partial charge in [-0.1, -0.05) is 0 Å². The fraction of sp³-hybridized carbons (Fsp3) is 0.421. The monoisotopic (exact) mass is 457 g/mol. The zero-order valence-electron chi connectivity index (χ0n) is 15.8. The molecule has 28 heavy (non-hydrogen) atoms. The molecule has 1 saturated heterocycles. The van der Waals surface area contributed by atoms with E-state index in [4.69, 9.17) is 9.53 Å². The summed E-state index contributed by atoms with van der Waals surface area (Å²) in [4.78, 5) is 27.4. The summed E-state index contributed by atoms with van der Waals surface area (Å²) in [5.74, 6) is -0.685. The van der Waals surface area contributed by atoms with Crippen LogP contribution in [0.25, 0.3) is 0 Å². The van der Waals surface area contributed by atoms with E-state index in [0.717, 1.165) is 38.1 Å². The number of ether oxygens (including phenoxy) is 1. The zero-order chi connectivity index (χ0) is 20.8. The second kappa shape index (κ2) is 9.77. The van der Waals surface area contributed by atoms with Crippen molar-refractivity contribution in [2.45, 2.75) is 39.3 Å². The number of benzene rings is 1. The fourth-order valence-corrected chi connectivity index (χ4v) is 3.36. The topological polar surface area (TPSA) is 64.4 Å². The molecular formula is C19H22BrF2N3O3. The molecule has 1 aromatic carbocycles. The number of halogens is 3. The van der Waals surface area contributed by atoms with E-state index in [1.165, 1.54) is 6.07 Å². The summed E-state index contributed by atoms with van der Waals surface area (Å²) < 4.78 is 34.2. The first kappa shape index (κ1) is 22.0. The van der Waals surface area contributed by atoms with E-state index >= 15 is 0 Å². The maximum atomic E-state index is 13.8. The van der Waals surface area contributed by atoms with E-state index in [0.29, 0.717) is 5.95 Å². The quantitative estimate of drug-likeness (QED) is 0.681. The van der Waals surface area contributed by atoms with Gasteiger partial charge in [0.2, 0.25) is 11.8 Å². The van der Waals surface area contributed by atoms with E-state index in [1.807, 2.05) is 20.6 Å². The van der Waals surface area contributed by atoms with Gasteiger partial charge < -0.3 is 14.4 Å². The van der Waals surface area contributed by atoms with Crippen LogP contribution in [-0.4, -0.2) is 29.4 Å². The van der Waals surface area contributed by atoms with Gasteiger partial charge in [0.05, 0.1) is 0 Å². The van der Waals surface area contributed by atoms with Crippen LogP contribution in [0.4, 0.5) is 14.7 Å². The summed E-state index contributed by atoms with van der Waals surface area (Å²) in [6, 6.07) is 3.21. The van der Waals surface area contributed by atoms with Crippen LogP contribution < -0.4 is 15.2 Å². The van der Waals surface area contributed by atoms with Crippen LogP contribution in [0.5, 0.6) is 5.88 Å². The molecular weight excluding hydrogens is 436 g/mol. The molecule has 0 amide bonds. The third-order valence-electron chi connectivity index (χ3n) is 4.30. The number of rotatable bonds is 5. The number of hydrogen-bond acceptors (Lipinski definition) is 5. The molecule has 6 nitrogen and oxygen atoms in total. The summed E-state index contributed by atoms with van der Waals surface area (Å²) >= 11 is 3.25.